The van der Waals surface area contributed by atoms with Gasteiger partial charge in [0.15, 0.2) is 0 Å². The summed E-state index contributed by atoms with van der Waals surface area (Å²) < 4.78 is 10.7. The van der Waals surface area contributed by atoms with Gasteiger partial charge in [-0.3, -0.25) is 4.90 Å². The fourth-order valence-corrected chi connectivity index (χ4v) is 2.58. The molecule has 0 unspecified atom stereocenters. The third-order valence-electron chi connectivity index (χ3n) is 3.74. The molecule has 2 heterocycles. The topological polar surface area (TPSA) is 80.5 Å². The van der Waals surface area contributed by atoms with Crippen LogP contribution in [0.4, 0.5) is 16.2 Å². The third kappa shape index (κ3) is 3.67. The van der Waals surface area contributed by atoms with Crippen LogP contribution in [0.1, 0.15) is 38.6 Å². The van der Waals surface area contributed by atoms with Crippen molar-refractivity contribution in [3.8, 4) is 0 Å². The number of benzene rings is 1. The maximum Gasteiger partial charge on any atom is 0.414 e. The molecule has 1 fully saturated rings. The molecule has 1 aliphatic heterocycles. The van der Waals surface area contributed by atoms with E-state index in [1.54, 1.807) is 4.90 Å². The zero-order valence-corrected chi connectivity index (χ0v) is 14.2. The highest BCUT2D eigenvalue weighted by Crippen LogP contribution is 2.25. The van der Waals surface area contributed by atoms with Gasteiger partial charge in [-0.25, -0.2) is 4.79 Å². The molecule has 0 bridgehead atoms. The average molecular weight is 330 g/mol. The Bertz CT molecular complexity index is 713. The number of nitrogens with zero attached hydrogens (tertiary/aromatic N) is 3. The Kier molecular flexibility index (Phi) is 4.69. The van der Waals surface area contributed by atoms with Gasteiger partial charge in [0.05, 0.1) is 6.54 Å². The van der Waals surface area contributed by atoms with E-state index in [0.29, 0.717) is 30.9 Å². The van der Waals surface area contributed by atoms with Crippen LogP contribution < -0.4 is 10.2 Å². The molecular weight excluding hydrogens is 308 g/mol. The van der Waals surface area contributed by atoms with Crippen molar-refractivity contribution in [2.24, 2.45) is 5.92 Å². The SMILES string of the molecule is CC(C)Cc1nnc([C@H](C)Nc2cccc(N3CCOC3=O)c2)o1. The summed E-state index contributed by atoms with van der Waals surface area (Å²) in [7, 11) is 0. The van der Waals surface area contributed by atoms with Crippen molar-refractivity contribution in [3.05, 3.63) is 36.0 Å². The number of carbonyl (C=O) groups excluding carboxylic acids is 1. The molecule has 3 rings (SSSR count). The van der Waals surface area contributed by atoms with Gasteiger partial charge >= 0.3 is 6.09 Å². The van der Waals surface area contributed by atoms with Crippen molar-refractivity contribution in [1.82, 2.24) is 10.2 Å². The minimum atomic E-state index is -0.310. The van der Waals surface area contributed by atoms with Gasteiger partial charge < -0.3 is 14.5 Å². The number of aromatic nitrogens is 2. The van der Waals surface area contributed by atoms with Gasteiger partial charge in [-0.05, 0) is 31.0 Å². The Morgan fingerprint density at radius 3 is 2.83 bits per heavy atom. The number of rotatable bonds is 6. The van der Waals surface area contributed by atoms with Gasteiger partial charge in [0, 0.05) is 17.8 Å². The smallest absolute Gasteiger partial charge is 0.414 e. The maximum atomic E-state index is 11.7. The summed E-state index contributed by atoms with van der Waals surface area (Å²) >= 11 is 0. The molecule has 1 aromatic heterocycles. The second-order valence-electron chi connectivity index (χ2n) is 6.31. The lowest BCUT2D eigenvalue weighted by atomic mass is 10.1. The maximum absolute atomic E-state index is 11.7. The molecule has 1 aliphatic rings. The monoisotopic (exact) mass is 330 g/mol. The Hall–Kier alpha value is -2.57. The first kappa shape index (κ1) is 16.3. The summed E-state index contributed by atoms with van der Waals surface area (Å²) in [6.45, 7) is 7.18. The van der Waals surface area contributed by atoms with E-state index in [1.165, 1.54) is 0 Å². The molecule has 1 atom stereocenters. The molecule has 24 heavy (non-hydrogen) atoms. The van der Waals surface area contributed by atoms with Gasteiger partial charge in [0.25, 0.3) is 0 Å². The van der Waals surface area contributed by atoms with E-state index in [2.05, 4.69) is 29.4 Å². The molecule has 1 aromatic carbocycles. The number of hydrogen-bond donors (Lipinski definition) is 1. The summed E-state index contributed by atoms with van der Waals surface area (Å²) in [4.78, 5) is 13.3. The second-order valence-corrected chi connectivity index (χ2v) is 6.31. The van der Waals surface area contributed by atoms with Crippen LogP contribution in [0.5, 0.6) is 0 Å². The van der Waals surface area contributed by atoms with Crippen molar-refractivity contribution in [3.63, 3.8) is 0 Å². The zero-order valence-electron chi connectivity index (χ0n) is 14.2. The molecule has 2 aromatic rings. The summed E-state index contributed by atoms with van der Waals surface area (Å²) in [5.41, 5.74) is 1.68. The predicted octanol–water partition coefficient (Wildman–Crippen LogP) is 3.40. The standard InChI is InChI=1S/C17H22N4O3/c1-11(2)9-15-19-20-16(24-15)12(3)18-13-5-4-6-14(10-13)21-7-8-23-17(21)22/h4-6,10-12,18H,7-9H2,1-3H3/t12-/m0/s1. The second kappa shape index (κ2) is 6.90. The van der Waals surface area contributed by atoms with Gasteiger partial charge in [-0.15, -0.1) is 10.2 Å². The zero-order chi connectivity index (χ0) is 17.1. The van der Waals surface area contributed by atoms with Crippen molar-refractivity contribution in [2.45, 2.75) is 33.2 Å². The highest BCUT2D eigenvalue weighted by Gasteiger charge is 2.23. The predicted molar refractivity (Wildman–Crippen MR) is 90.0 cm³/mol. The van der Waals surface area contributed by atoms with E-state index in [0.717, 1.165) is 17.8 Å². The van der Waals surface area contributed by atoms with Crippen molar-refractivity contribution in [2.75, 3.05) is 23.4 Å². The van der Waals surface area contributed by atoms with E-state index in [4.69, 9.17) is 9.15 Å². The number of cyclic esters (lactones) is 1. The molecular formula is C17H22N4O3. The average Bonchev–Trinajstić information content (AvgIpc) is 3.16. The highest BCUT2D eigenvalue weighted by molar-refractivity contribution is 5.89. The molecule has 1 amide bonds. The first-order chi connectivity index (χ1) is 11.5. The van der Waals surface area contributed by atoms with Crippen molar-refractivity contribution >= 4 is 17.5 Å². The lowest BCUT2D eigenvalue weighted by Gasteiger charge is -2.16. The van der Waals surface area contributed by atoms with Crippen LogP contribution in [0.15, 0.2) is 28.7 Å². The number of ether oxygens (including phenoxy) is 1. The molecule has 7 nitrogen and oxygen atoms in total. The quantitative estimate of drug-likeness (QED) is 0.874. The van der Waals surface area contributed by atoms with Gasteiger partial charge in [-0.1, -0.05) is 19.9 Å². The fourth-order valence-electron chi connectivity index (χ4n) is 2.58. The van der Waals surface area contributed by atoms with E-state index < -0.39 is 0 Å². The molecule has 1 saturated heterocycles. The summed E-state index contributed by atoms with van der Waals surface area (Å²) in [6, 6.07) is 7.50. The summed E-state index contributed by atoms with van der Waals surface area (Å²) in [5, 5.41) is 11.5. The number of hydrogen-bond acceptors (Lipinski definition) is 6. The lowest BCUT2D eigenvalue weighted by molar-refractivity contribution is 0.181. The van der Waals surface area contributed by atoms with Gasteiger partial charge in [0.2, 0.25) is 11.8 Å². The molecule has 0 aliphatic carbocycles. The number of anilines is 2. The van der Waals surface area contributed by atoms with Crippen molar-refractivity contribution in [1.29, 1.82) is 0 Å². The van der Waals surface area contributed by atoms with Gasteiger partial charge in [-0.2, -0.15) is 0 Å². The molecule has 0 radical (unpaired) electrons. The molecule has 7 heteroatoms. The van der Waals surface area contributed by atoms with E-state index in [1.807, 2.05) is 31.2 Å². The largest absolute Gasteiger partial charge is 0.447 e. The third-order valence-corrected chi connectivity index (χ3v) is 3.74. The number of nitrogens with one attached hydrogen (secondary N) is 1. The van der Waals surface area contributed by atoms with E-state index >= 15 is 0 Å². The minimum absolute atomic E-state index is 0.126. The summed E-state index contributed by atoms with van der Waals surface area (Å²) in [6.07, 6.45) is 0.460. The Morgan fingerprint density at radius 1 is 1.29 bits per heavy atom. The first-order valence-corrected chi connectivity index (χ1v) is 8.16. The normalized spacial score (nSPS) is 15.7. The van der Waals surface area contributed by atoms with Gasteiger partial charge in [0.1, 0.15) is 12.6 Å². The van der Waals surface area contributed by atoms with Crippen molar-refractivity contribution < 1.29 is 13.9 Å². The fraction of sp³-hybridized carbons (Fsp3) is 0.471. The molecule has 0 saturated carbocycles. The van der Waals surface area contributed by atoms with Crippen LogP contribution in [0, 0.1) is 5.92 Å². The van der Waals surface area contributed by atoms with Crippen LogP contribution in [-0.2, 0) is 11.2 Å². The minimum Gasteiger partial charge on any atom is -0.447 e. The molecule has 0 spiro atoms. The molecule has 1 N–H and O–H groups in total. The van der Waals surface area contributed by atoms with Crippen LogP contribution in [0.3, 0.4) is 0 Å². The summed E-state index contributed by atoms with van der Waals surface area (Å²) in [5.74, 6) is 1.68. The highest BCUT2D eigenvalue weighted by atomic mass is 16.6. The molecule has 128 valence electrons. The van der Waals surface area contributed by atoms with Crippen LogP contribution in [0.25, 0.3) is 0 Å². The first-order valence-electron chi connectivity index (χ1n) is 8.16. The van der Waals surface area contributed by atoms with Crippen LogP contribution in [0.2, 0.25) is 0 Å². The van der Waals surface area contributed by atoms with E-state index in [-0.39, 0.29) is 12.1 Å². The Balaban J connectivity index is 1.69. The van der Waals surface area contributed by atoms with E-state index in [9.17, 15) is 4.79 Å². The lowest BCUT2D eigenvalue weighted by Crippen LogP contribution is -2.23. The Labute approximate surface area is 141 Å². The van der Waals surface area contributed by atoms with Crippen LogP contribution >= 0.6 is 0 Å². The Morgan fingerprint density at radius 2 is 2.12 bits per heavy atom. The number of carbonyl (C=O) groups is 1. The van der Waals surface area contributed by atoms with Crippen LogP contribution in [-0.4, -0.2) is 29.4 Å². The number of amides is 1.